The van der Waals surface area contributed by atoms with Crippen molar-refractivity contribution in [2.45, 2.75) is 65.5 Å². The standard InChI is InChI=1S/C20H32FN3O/c1-13(23-18(25)16(22)10-19(2,3)4)11-24-12-20(5,6)15-9-14(21)7-8-17(15)24/h7-9,13,16H,10-12,22H2,1-6H3,(H,23,25)/t13-,16-/m0/s1. The van der Waals surface area contributed by atoms with Gasteiger partial charge in [0.1, 0.15) is 5.82 Å². The van der Waals surface area contributed by atoms with Crippen molar-refractivity contribution in [3.63, 3.8) is 0 Å². The van der Waals surface area contributed by atoms with E-state index >= 15 is 0 Å². The predicted octanol–water partition coefficient (Wildman–Crippen LogP) is 3.19. The Morgan fingerprint density at radius 2 is 2.04 bits per heavy atom. The molecule has 0 fully saturated rings. The topological polar surface area (TPSA) is 58.4 Å². The molecule has 0 saturated heterocycles. The van der Waals surface area contributed by atoms with E-state index in [2.05, 4.69) is 44.8 Å². The van der Waals surface area contributed by atoms with Gasteiger partial charge >= 0.3 is 0 Å². The Bertz CT molecular complexity index is 636. The fourth-order valence-electron chi connectivity index (χ4n) is 3.62. The second kappa shape index (κ2) is 6.94. The van der Waals surface area contributed by atoms with Crippen LogP contribution in [0.3, 0.4) is 0 Å². The summed E-state index contributed by atoms with van der Waals surface area (Å²) in [5.41, 5.74) is 8.01. The Kier molecular flexibility index (Phi) is 5.47. The maximum Gasteiger partial charge on any atom is 0.237 e. The molecule has 0 radical (unpaired) electrons. The molecule has 140 valence electrons. The quantitative estimate of drug-likeness (QED) is 0.858. The molecule has 0 bridgehead atoms. The van der Waals surface area contributed by atoms with Crippen molar-refractivity contribution in [3.05, 3.63) is 29.6 Å². The van der Waals surface area contributed by atoms with E-state index in [4.69, 9.17) is 5.73 Å². The number of hydrogen-bond acceptors (Lipinski definition) is 3. The van der Waals surface area contributed by atoms with Crippen LogP contribution in [0.5, 0.6) is 0 Å². The summed E-state index contributed by atoms with van der Waals surface area (Å²) < 4.78 is 13.6. The number of halogens is 1. The highest BCUT2D eigenvalue weighted by atomic mass is 19.1. The second-order valence-electron chi connectivity index (χ2n) is 9.21. The Hall–Kier alpha value is -1.62. The average Bonchev–Trinajstić information content (AvgIpc) is 2.67. The van der Waals surface area contributed by atoms with Gasteiger partial charge in [0.15, 0.2) is 0 Å². The monoisotopic (exact) mass is 349 g/mol. The normalized spacial score (nSPS) is 18.6. The summed E-state index contributed by atoms with van der Waals surface area (Å²) >= 11 is 0. The number of rotatable bonds is 5. The number of nitrogens with zero attached hydrogens (tertiary/aromatic N) is 1. The number of carbonyl (C=O) groups is 1. The van der Waals surface area contributed by atoms with Crippen LogP contribution in [0.1, 0.15) is 53.5 Å². The number of anilines is 1. The van der Waals surface area contributed by atoms with Crippen molar-refractivity contribution in [1.82, 2.24) is 5.32 Å². The maximum absolute atomic E-state index is 13.6. The number of nitrogens with two attached hydrogens (primary N) is 1. The summed E-state index contributed by atoms with van der Waals surface area (Å²) in [5.74, 6) is -0.316. The van der Waals surface area contributed by atoms with E-state index in [1.807, 2.05) is 13.0 Å². The highest BCUT2D eigenvalue weighted by Crippen LogP contribution is 2.40. The number of nitrogens with one attached hydrogen (secondary N) is 1. The van der Waals surface area contributed by atoms with Gasteiger partial charge in [-0.1, -0.05) is 34.6 Å². The molecular formula is C20H32FN3O. The van der Waals surface area contributed by atoms with Crippen LogP contribution in [0.2, 0.25) is 0 Å². The zero-order valence-corrected chi connectivity index (χ0v) is 16.3. The Morgan fingerprint density at radius 3 is 2.64 bits per heavy atom. The van der Waals surface area contributed by atoms with Crippen molar-refractivity contribution in [3.8, 4) is 0 Å². The predicted molar refractivity (Wildman–Crippen MR) is 101 cm³/mol. The van der Waals surface area contributed by atoms with Gasteiger partial charge < -0.3 is 16.0 Å². The van der Waals surface area contributed by atoms with Crippen LogP contribution in [0.4, 0.5) is 10.1 Å². The minimum absolute atomic E-state index is 0.0159. The summed E-state index contributed by atoms with van der Waals surface area (Å²) in [6, 6.07) is 4.41. The lowest BCUT2D eigenvalue weighted by molar-refractivity contribution is -0.123. The van der Waals surface area contributed by atoms with Gasteiger partial charge in [0.2, 0.25) is 5.91 Å². The van der Waals surface area contributed by atoms with Crippen LogP contribution in [0, 0.1) is 11.2 Å². The van der Waals surface area contributed by atoms with Gasteiger partial charge in [-0.05, 0) is 42.5 Å². The zero-order valence-electron chi connectivity index (χ0n) is 16.3. The minimum atomic E-state index is -0.501. The van der Waals surface area contributed by atoms with E-state index in [9.17, 15) is 9.18 Å². The molecule has 1 heterocycles. The first kappa shape index (κ1) is 19.7. The maximum atomic E-state index is 13.6. The van der Waals surface area contributed by atoms with Crippen LogP contribution in [-0.4, -0.2) is 31.1 Å². The average molecular weight is 349 g/mol. The highest BCUT2D eigenvalue weighted by molar-refractivity contribution is 5.81. The molecule has 4 nitrogen and oxygen atoms in total. The van der Waals surface area contributed by atoms with Gasteiger partial charge in [-0.25, -0.2) is 4.39 Å². The molecule has 0 aromatic heterocycles. The molecule has 0 unspecified atom stereocenters. The van der Waals surface area contributed by atoms with Gasteiger partial charge in [-0.15, -0.1) is 0 Å². The number of benzene rings is 1. The van der Waals surface area contributed by atoms with Crippen molar-refractivity contribution in [2.24, 2.45) is 11.1 Å². The molecule has 1 aliphatic rings. The van der Waals surface area contributed by atoms with Crippen molar-refractivity contribution < 1.29 is 9.18 Å². The highest BCUT2D eigenvalue weighted by Gasteiger charge is 2.36. The molecule has 2 atom stereocenters. The molecule has 1 amide bonds. The van der Waals surface area contributed by atoms with E-state index in [0.29, 0.717) is 13.0 Å². The first-order valence-corrected chi connectivity index (χ1v) is 9.00. The van der Waals surface area contributed by atoms with Gasteiger partial charge in [0.25, 0.3) is 0 Å². The molecule has 1 aliphatic heterocycles. The fraction of sp³-hybridized carbons (Fsp3) is 0.650. The van der Waals surface area contributed by atoms with Crippen LogP contribution in [-0.2, 0) is 10.2 Å². The van der Waals surface area contributed by atoms with Crippen LogP contribution in [0.25, 0.3) is 0 Å². The minimum Gasteiger partial charge on any atom is -0.368 e. The molecule has 1 aromatic carbocycles. The summed E-state index contributed by atoms with van der Waals surface area (Å²) in [6.07, 6.45) is 0.643. The van der Waals surface area contributed by atoms with Crippen LogP contribution >= 0.6 is 0 Å². The first-order valence-electron chi connectivity index (χ1n) is 9.00. The molecule has 0 spiro atoms. The van der Waals surface area contributed by atoms with E-state index in [0.717, 1.165) is 17.8 Å². The second-order valence-corrected chi connectivity index (χ2v) is 9.21. The molecule has 3 N–H and O–H groups in total. The molecule has 0 saturated carbocycles. The third-order valence-electron chi connectivity index (χ3n) is 4.67. The Morgan fingerprint density at radius 1 is 1.40 bits per heavy atom. The van der Waals surface area contributed by atoms with Crippen molar-refractivity contribution in [1.29, 1.82) is 0 Å². The zero-order chi connectivity index (χ0) is 19.0. The molecule has 1 aromatic rings. The van der Waals surface area contributed by atoms with E-state index in [1.54, 1.807) is 6.07 Å². The summed E-state index contributed by atoms with van der Waals surface area (Å²) in [4.78, 5) is 14.5. The Labute approximate surface area is 151 Å². The lowest BCUT2D eigenvalue weighted by Crippen LogP contribution is -2.49. The molecule has 25 heavy (non-hydrogen) atoms. The first-order chi connectivity index (χ1) is 11.4. The molecule has 0 aliphatic carbocycles. The lowest BCUT2D eigenvalue weighted by atomic mass is 9.87. The fourth-order valence-corrected chi connectivity index (χ4v) is 3.62. The van der Waals surface area contributed by atoms with E-state index in [1.165, 1.54) is 6.07 Å². The van der Waals surface area contributed by atoms with Gasteiger partial charge in [0.05, 0.1) is 6.04 Å². The number of hydrogen-bond donors (Lipinski definition) is 2. The van der Waals surface area contributed by atoms with E-state index in [-0.39, 0.29) is 28.6 Å². The largest absolute Gasteiger partial charge is 0.368 e. The van der Waals surface area contributed by atoms with Crippen LogP contribution in [0.15, 0.2) is 18.2 Å². The van der Waals surface area contributed by atoms with Gasteiger partial charge in [0, 0.05) is 30.2 Å². The summed E-state index contributed by atoms with van der Waals surface area (Å²) in [7, 11) is 0. The summed E-state index contributed by atoms with van der Waals surface area (Å²) in [5, 5.41) is 3.02. The van der Waals surface area contributed by atoms with Crippen molar-refractivity contribution >= 4 is 11.6 Å². The summed E-state index contributed by atoms with van der Waals surface area (Å²) in [6.45, 7) is 13.9. The van der Waals surface area contributed by atoms with Crippen molar-refractivity contribution in [2.75, 3.05) is 18.0 Å². The van der Waals surface area contributed by atoms with E-state index < -0.39 is 6.04 Å². The molecule has 2 rings (SSSR count). The number of amides is 1. The molecular weight excluding hydrogens is 317 g/mol. The number of fused-ring (bicyclic) bond motifs is 1. The van der Waals surface area contributed by atoms with Crippen LogP contribution < -0.4 is 16.0 Å². The molecule has 5 heteroatoms. The third kappa shape index (κ3) is 4.94. The SMILES string of the molecule is C[C@@H](CN1CC(C)(C)c2cc(F)ccc21)NC(=O)[C@@H](N)CC(C)(C)C. The smallest absolute Gasteiger partial charge is 0.237 e. The third-order valence-corrected chi connectivity index (χ3v) is 4.67. The lowest BCUT2D eigenvalue weighted by Gasteiger charge is -2.28. The van der Waals surface area contributed by atoms with Gasteiger partial charge in [-0.3, -0.25) is 4.79 Å². The van der Waals surface area contributed by atoms with Gasteiger partial charge in [-0.2, -0.15) is 0 Å². The Balaban J connectivity index is 2.00. The number of carbonyl (C=O) groups excluding carboxylic acids is 1.